The van der Waals surface area contributed by atoms with Crippen LogP contribution in [0.1, 0.15) is 46.1 Å². The third kappa shape index (κ3) is 4.02. The standard InChI is InChI=1S/C26H24ClN5O/c1-16-12-17(2)29-26(28-16)32-25-24(18(3)30-32)22(20-9-5-4-6-10-20)14-23(33)31(25)15-19-8-7-11-21(27)13-19/h4-13,22H,14-15H2,1-3H3/t22-/m1/s1. The molecule has 4 aromatic rings. The second-order valence-corrected chi connectivity index (χ2v) is 8.90. The van der Waals surface area contributed by atoms with Gasteiger partial charge in [-0.3, -0.25) is 9.69 Å². The van der Waals surface area contributed by atoms with Crippen LogP contribution in [0.2, 0.25) is 5.02 Å². The Labute approximate surface area is 197 Å². The molecule has 0 radical (unpaired) electrons. The minimum Gasteiger partial charge on any atom is -0.292 e. The molecule has 2 aromatic heterocycles. The molecule has 0 spiro atoms. The normalized spacial score (nSPS) is 15.6. The second-order valence-electron chi connectivity index (χ2n) is 8.46. The third-order valence-electron chi connectivity index (χ3n) is 5.96. The molecule has 0 N–H and O–H groups in total. The van der Waals surface area contributed by atoms with Crippen LogP contribution in [0.4, 0.5) is 5.82 Å². The maximum absolute atomic E-state index is 13.6. The van der Waals surface area contributed by atoms with Gasteiger partial charge in [-0.1, -0.05) is 54.1 Å². The number of hydrogen-bond acceptors (Lipinski definition) is 4. The van der Waals surface area contributed by atoms with Gasteiger partial charge >= 0.3 is 0 Å². The number of nitrogens with zero attached hydrogens (tertiary/aromatic N) is 5. The van der Waals surface area contributed by atoms with Gasteiger partial charge in [0.2, 0.25) is 5.91 Å². The maximum atomic E-state index is 13.6. The van der Waals surface area contributed by atoms with Crippen LogP contribution in [-0.2, 0) is 11.3 Å². The first-order valence-corrected chi connectivity index (χ1v) is 11.3. The van der Waals surface area contributed by atoms with Gasteiger partial charge in [0.15, 0.2) is 0 Å². The quantitative estimate of drug-likeness (QED) is 0.416. The zero-order valence-corrected chi connectivity index (χ0v) is 19.5. The summed E-state index contributed by atoms with van der Waals surface area (Å²) in [5.41, 5.74) is 5.64. The topological polar surface area (TPSA) is 63.9 Å². The Balaban J connectivity index is 1.71. The van der Waals surface area contributed by atoms with Crippen molar-refractivity contribution in [3.63, 3.8) is 0 Å². The molecule has 3 heterocycles. The smallest absolute Gasteiger partial charge is 0.252 e. The molecule has 0 fully saturated rings. The van der Waals surface area contributed by atoms with Gasteiger partial charge in [-0.05, 0) is 50.1 Å². The highest BCUT2D eigenvalue weighted by Gasteiger charge is 2.38. The van der Waals surface area contributed by atoms with Crippen LogP contribution >= 0.6 is 11.6 Å². The van der Waals surface area contributed by atoms with Crippen LogP contribution in [-0.4, -0.2) is 25.7 Å². The van der Waals surface area contributed by atoms with Crippen molar-refractivity contribution >= 4 is 23.3 Å². The van der Waals surface area contributed by atoms with Crippen molar-refractivity contribution in [1.29, 1.82) is 0 Å². The van der Waals surface area contributed by atoms with Crippen LogP contribution in [0.5, 0.6) is 0 Å². The Kier molecular flexibility index (Phi) is 5.46. The lowest BCUT2D eigenvalue weighted by atomic mass is 9.85. The van der Waals surface area contributed by atoms with E-state index in [4.69, 9.17) is 16.7 Å². The van der Waals surface area contributed by atoms with Gasteiger partial charge < -0.3 is 0 Å². The predicted octanol–water partition coefficient (Wildman–Crippen LogP) is 5.31. The molecular formula is C26H24ClN5O. The number of carbonyl (C=O) groups is 1. The number of benzene rings is 2. The minimum absolute atomic E-state index is 0.0295. The molecule has 5 rings (SSSR count). The van der Waals surface area contributed by atoms with E-state index in [-0.39, 0.29) is 11.8 Å². The van der Waals surface area contributed by atoms with Crippen molar-refractivity contribution in [1.82, 2.24) is 19.7 Å². The highest BCUT2D eigenvalue weighted by Crippen LogP contribution is 2.43. The van der Waals surface area contributed by atoms with E-state index in [9.17, 15) is 4.79 Å². The first kappa shape index (κ1) is 21.3. The fraction of sp³-hybridized carbons (Fsp3) is 0.231. The summed E-state index contributed by atoms with van der Waals surface area (Å²) >= 11 is 6.23. The third-order valence-corrected chi connectivity index (χ3v) is 6.19. The molecule has 0 aliphatic carbocycles. The lowest BCUT2D eigenvalue weighted by Gasteiger charge is -2.33. The monoisotopic (exact) mass is 457 g/mol. The van der Waals surface area contributed by atoms with Crippen molar-refractivity contribution in [3.05, 3.63) is 99.5 Å². The number of anilines is 1. The van der Waals surface area contributed by atoms with E-state index in [1.54, 1.807) is 9.58 Å². The van der Waals surface area contributed by atoms with Gasteiger partial charge in [0.1, 0.15) is 5.82 Å². The number of carbonyl (C=O) groups excluding carboxylic acids is 1. The Bertz CT molecular complexity index is 1330. The Morgan fingerprint density at radius 3 is 2.39 bits per heavy atom. The summed E-state index contributed by atoms with van der Waals surface area (Å²) in [5.74, 6) is 1.14. The molecular weight excluding hydrogens is 434 g/mol. The number of hydrogen-bond donors (Lipinski definition) is 0. The van der Waals surface area contributed by atoms with E-state index >= 15 is 0 Å². The van der Waals surface area contributed by atoms with E-state index in [0.717, 1.165) is 39.6 Å². The minimum atomic E-state index is -0.0797. The Morgan fingerprint density at radius 1 is 0.970 bits per heavy atom. The summed E-state index contributed by atoms with van der Waals surface area (Å²) in [5, 5.41) is 5.48. The van der Waals surface area contributed by atoms with Crippen molar-refractivity contribution in [2.24, 2.45) is 0 Å². The molecule has 166 valence electrons. The summed E-state index contributed by atoms with van der Waals surface area (Å²) in [6.07, 6.45) is 0.373. The van der Waals surface area contributed by atoms with Gasteiger partial charge in [-0.25, -0.2) is 9.97 Å². The van der Waals surface area contributed by atoms with Gasteiger partial charge in [0, 0.05) is 34.3 Å². The number of rotatable bonds is 4. The highest BCUT2D eigenvalue weighted by molar-refractivity contribution is 6.30. The van der Waals surface area contributed by atoms with Crippen molar-refractivity contribution < 1.29 is 4.79 Å². The zero-order chi connectivity index (χ0) is 23.1. The molecule has 0 unspecified atom stereocenters. The summed E-state index contributed by atoms with van der Waals surface area (Å²) in [7, 11) is 0. The number of halogens is 1. The lowest BCUT2D eigenvalue weighted by Crippen LogP contribution is -2.38. The largest absolute Gasteiger partial charge is 0.292 e. The van der Waals surface area contributed by atoms with E-state index in [1.165, 1.54) is 0 Å². The molecule has 1 amide bonds. The average molecular weight is 458 g/mol. The van der Waals surface area contributed by atoms with Gasteiger partial charge in [0.25, 0.3) is 5.95 Å². The van der Waals surface area contributed by atoms with Crippen molar-refractivity contribution in [2.75, 3.05) is 4.90 Å². The van der Waals surface area contributed by atoms with Crippen LogP contribution in [0.3, 0.4) is 0 Å². The average Bonchev–Trinajstić information content (AvgIpc) is 3.13. The van der Waals surface area contributed by atoms with E-state index < -0.39 is 0 Å². The van der Waals surface area contributed by atoms with Crippen LogP contribution in [0, 0.1) is 20.8 Å². The number of aryl methyl sites for hydroxylation is 3. The molecule has 1 aliphatic heterocycles. The summed E-state index contributed by atoms with van der Waals surface area (Å²) < 4.78 is 1.72. The Hall–Kier alpha value is -3.51. The Morgan fingerprint density at radius 2 is 1.70 bits per heavy atom. The number of aromatic nitrogens is 4. The molecule has 6 nitrogen and oxygen atoms in total. The zero-order valence-electron chi connectivity index (χ0n) is 18.8. The first-order valence-electron chi connectivity index (χ1n) is 10.9. The van der Waals surface area contributed by atoms with E-state index in [2.05, 4.69) is 22.1 Å². The van der Waals surface area contributed by atoms with Gasteiger partial charge in [0.05, 0.1) is 12.2 Å². The number of amides is 1. The molecule has 2 aromatic carbocycles. The van der Waals surface area contributed by atoms with Gasteiger partial charge in [-0.15, -0.1) is 0 Å². The molecule has 0 saturated carbocycles. The summed E-state index contributed by atoms with van der Waals surface area (Å²) in [6, 6.07) is 19.6. The lowest BCUT2D eigenvalue weighted by molar-refractivity contribution is -0.119. The molecule has 7 heteroatoms. The summed E-state index contributed by atoms with van der Waals surface area (Å²) in [4.78, 5) is 24.6. The van der Waals surface area contributed by atoms with Crippen LogP contribution in [0.15, 0.2) is 60.7 Å². The predicted molar refractivity (Wildman–Crippen MR) is 129 cm³/mol. The van der Waals surface area contributed by atoms with Crippen molar-refractivity contribution in [3.8, 4) is 5.95 Å². The van der Waals surface area contributed by atoms with Gasteiger partial charge in [-0.2, -0.15) is 9.78 Å². The first-order chi connectivity index (χ1) is 15.9. The fourth-order valence-electron chi connectivity index (χ4n) is 4.59. The number of fused-ring (bicyclic) bond motifs is 1. The summed E-state index contributed by atoms with van der Waals surface area (Å²) in [6.45, 7) is 6.25. The second kappa shape index (κ2) is 8.45. The fourth-order valence-corrected chi connectivity index (χ4v) is 4.81. The van der Waals surface area contributed by atoms with E-state index in [0.29, 0.717) is 23.9 Å². The van der Waals surface area contributed by atoms with Crippen molar-refractivity contribution in [2.45, 2.75) is 39.7 Å². The van der Waals surface area contributed by atoms with Crippen LogP contribution in [0.25, 0.3) is 5.95 Å². The highest BCUT2D eigenvalue weighted by atomic mass is 35.5. The molecule has 1 aliphatic rings. The molecule has 33 heavy (non-hydrogen) atoms. The molecule has 1 atom stereocenters. The molecule has 0 saturated heterocycles. The van der Waals surface area contributed by atoms with Crippen LogP contribution < -0.4 is 4.90 Å². The maximum Gasteiger partial charge on any atom is 0.252 e. The molecule has 0 bridgehead atoms. The van der Waals surface area contributed by atoms with E-state index in [1.807, 2.05) is 69.3 Å². The SMILES string of the molecule is Cc1cc(C)nc(-n2nc(C)c3c2N(Cc2cccc(Cl)c2)C(=O)C[C@@H]3c2ccccc2)n1.